The SMILES string of the molecule is CCN(CC(C)C(=O)O)S(=O)(=O)c1cc(Br)c(C)cc1Br. The first-order valence-corrected chi connectivity index (χ1v) is 9.32. The van der Waals surface area contributed by atoms with Gasteiger partial charge in [0.2, 0.25) is 10.0 Å². The molecule has 1 rings (SSSR count). The molecule has 1 unspecified atom stereocenters. The maximum Gasteiger partial charge on any atom is 0.307 e. The van der Waals surface area contributed by atoms with Gasteiger partial charge in [0.1, 0.15) is 0 Å². The van der Waals surface area contributed by atoms with E-state index in [0.29, 0.717) is 8.95 Å². The van der Waals surface area contributed by atoms with Crippen LogP contribution < -0.4 is 0 Å². The van der Waals surface area contributed by atoms with Gasteiger partial charge in [-0.3, -0.25) is 4.79 Å². The molecule has 21 heavy (non-hydrogen) atoms. The largest absolute Gasteiger partial charge is 0.481 e. The van der Waals surface area contributed by atoms with E-state index in [-0.39, 0.29) is 18.0 Å². The van der Waals surface area contributed by atoms with Crippen molar-refractivity contribution in [3.8, 4) is 0 Å². The molecule has 0 saturated carbocycles. The first-order chi connectivity index (χ1) is 9.61. The minimum absolute atomic E-state index is 0.0634. The molecule has 0 fully saturated rings. The Balaban J connectivity index is 3.25. The van der Waals surface area contributed by atoms with E-state index in [4.69, 9.17) is 5.11 Å². The summed E-state index contributed by atoms with van der Waals surface area (Å²) in [7, 11) is -3.76. The molecule has 1 aromatic carbocycles. The summed E-state index contributed by atoms with van der Waals surface area (Å²) in [6.07, 6.45) is 0. The van der Waals surface area contributed by atoms with E-state index in [2.05, 4.69) is 31.9 Å². The molecule has 5 nitrogen and oxygen atoms in total. The maximum atomic E-state index is 12.7. The van der Waals surface area contributed by atoms with Crippen molar-refractivity contribution in [1.29, 1.82) is 0 Å². The zero-order valence-electron chi connectivity index (χ0n) is 11.9. The van der Waals surface area contributed by atoms with Crippen LogP contribution >= 0.6 is 31.9 Å². The summed E-state index contributed by atoms with van der Waals surface area (Å²) in [5, 5.41) is 8.96. The Bertz CT molecular complexity index is 646. The summed E-state index contributed by atoms with van der Waals surface area (Å²) in [6, 6.07) is 3.24. The van der Waals surface area contributed by atoms with Crippen molar-refractivity contribution >= 4 is 47.9 Å². The van der Waals surface area contributed by atoms with Gasteiger partial charge >= 0.3 is 5.97 Å². The Morgan fingerprint density at radius 1 is 1.33 bits per heavy atom. The Hall–Kier alpha value is -0.440. The number of carboxylic acid groups (broad SMARTS) is 1. The first-order valence-electron chi connectivity index (χ1n) is 6.29. The summed E-state index contributed by atoms with van der Waals surface area (Å²) >= 11 is 6.59. The van der Waals surface area contributed by atoms with Crippen LogP contribution in [0.1, 0.15) is 19.4 Å². The normalized spacial score (nSPS) is 13.4. The molecular weight excluding hydrogens is 426 g/mol. The van der Waals surface area contributed by atoms with E-state index in [1.807, 2.05) is 6.92 Å². The molecule has 8 heteroatoms. The number of nitrogens with zero attached hydrogens (tertiary/aromatic N) is 1. The van der Waals surface area contributed by atoms with Crippen molar-refractivity contribution in [2.45, 2.75) is 25.7 Å². The van der Waals surface area contributed by atoms with Gasteiger partial charge in [-0.05, 0) is 40.5 Å². The summed E-state index contributed by atoms with van der Waals surface area (Å²) in [5.41, 5.74) is 0.905. The number of sulfonamides is 1. The number of carboxylic acids is 1. The van der Waals surface area contributed by atoms with Crippen molar-refractivity contribution in [2.75, 3.05) is 13.1 Å². The zero-order chi connectivity index (χ0) is 16.4. The molecule has 0 aromatic heterocycles. The number of hydrogen-bond acceptors (Lipinski definition) is 3. The lowest BCUT2D eigenvalue weighted by atomic mass is 10.2. The third-order valence-corrected chi connectivity index (χ3v) is 6.84. The number of carbonyl (C=O) groups is 1. The van der Waals surface area contributed by atoms with Crippen molar-refractivity contribution < 1.29 is 18.3 Å². The third-order valence-electron chi connectivity index (χ3n) is 3.08. The highest BCUT2D eigenvalue weighted by Gasteiger charge is 2.29. The van der Waals surface area contributed by atoms with Gasteiger partial charge in [0.15, 0.2) is 0 Å². The smallest absolute Gasteiger partial charge is 0.307 e. The number of rotatable bonds is 6. The van der Waals surface area contributed by atoms with Crippen molar-refractivity contribution in [3.05, 3.63) is 26.6 Å². The highest BCUT2D eigenvalue weighted by molar-refractivity contribution is 9.11. The number of halogens is 2. The van der Waals surface area contributed by atoms with Gasteiger partial charge in [-0.25, -0.2) is 8.42 Å². The predicted octanol–water partition coefficient (Wildman–Crippen LogP) is 3.25. The van der Waals surface area contributed by atoms with Crippen LogP contribution in [0.3, 0.4) is 0 Å². The lowest BCUT2D eigenvalue weighted by Gasteiger charge is -2.23. The van der Waals surface area contributed by atoms with Gasteiger partial charge in [-0.2, -0.15) is 4.31 Å². The van der Waals surface area contributed by atoms with Crippen LogP contribution in [-0.2, 0) is 14.8 Å². The van der Waals surface area contributed by atoms with E-state index in [0.717, 1.165) is 5.56 Å². The average molecular weight is 443 g/mol. The summed E-state index contributed by atoms with van der Waals surface area (Å²) in [4.78, 5) is 11.1. The standard InChI is InChI=1S/C13H17Br2NO4S/c1-4-16(7-9(3)13(17)18)21(19,20)12-6-10(14)8(2)5-11(12)15/h5-6,9H,4,7H2,1-3H3,(H,17,18). The van der Waals surface area contributed by atoms with Gasteiger partial charge in [0, 0.05) is 22.0 Å². The minimum Gasteiger partial charge on any atom is -0.481 e. The lowest BCUT2D eigenvalue weighted by molar-refractivity contribution is -0.141. The maximum absolute atomic E-state index is 12.7. The van der Waals surface area contributed by atoms with Gasteiger partial charge in [-0.1, -0.05) is 29.8 Å². The molecule has 0 amide bonds. The van der Waals surface area contributed by atoms with Crippen LogP contribution in [0.5, 0.6) is 0 Å². The van der Waals surface area contributed by atoms with Gasteiger partial charge in [0.05, 0.1) is 10.8 Å². The highest BCUT2D eigenvalue weighted by Crippen LogP contribution is 2.31. The molecule has 118 valence electrons. The van der Waals surface area contributed by atoms with Gasteiger partial charge in [0.25, 0.3) is 0 Å². The lowest BCUT2D eigenvalue weighted by Crippen LogP contribution is -2.36. The molecule has 0 spiro atoms. The van der Waals surface area contributed by atoms with Gasteiger partial charge in [-0.15, -0.1) is 0 Å². The number of benzene rings is 1. The molecule has 0 aliphatic heterocycles. The number of aryl methyl sites for hydroxylation is 1. The second-order valence-electron chi connectivity index (χ2n) is 4.73. The summed E-state index contributed by atoms with van der Waals surface area (Å²) in [6.45, 7) is 5.17. The molecule has 0 aliphatic rings. The van der Waals surface area contributed by atoms with Gasteiger partial charge < -0.3 is 5.11 Å². The zero-order valence-corrected chi connectivity index (χ0v) is 15.9. The molecule has 1 atom stereocenters. The summed E-state index contributed by atoms with van der Waals surface area (Å²) < 4.78 is 27.7. The third kappa shape index (κ3) is 4.28. The topological polar surface area (TPSA) is 74.7 Å². The van der Waals surface area contributed by atoms with Crippen LogP contribution in [0.2, 0.25) is 0 Å². The van der Waals surface area contributed by atoms with Crippen LogP contribution in [0.4, 0.5) is 0 Å². The van der Waals surface area contributed by atoms with E-state index < -0.39 is 21.9 Å². The molecule has 0 heterocycles. The fourth-order valence-corrected chi connectivity index (χ4v) is 4.92. The van der Waals surface area contributed by atoms with Crippen molar-refractivity contribution in [3.63, 3.8) is 0 Å². The number of hydrogen-bond donors (Lipinski definition) is 1. The average Bonchev–Trinajstić information content (AvgIpc) is 2.39. The molecule has 0 bridgehead atoms. The van der Waals surface area contributed by atoms with E-state index in [1.54, 1.807) is 13.0 Å². The molecular formula is C13H17Br2NO4S. The second-order valence-corrected chi connectivity index (χ2v) is 8.34. The number of aliphatic carboxylic acids is 1. The van der Waals surface area contributed by atoms with E-state index in [1.165, 1.54) is 17.3 Å². The predicted molar refractivity (Wildman–Crippen MR) is 87.8 cm³/mol. The van der Waals surface area contributed by atoms with Crippen LogP contribution in [-0.4, -0.2) is 36.9 Å². The minimum atomic E-state index is -3.76. The monoisotopic (exact) mass is 441 g/mol. The quantitative estimate of drug-likeness (QED) is 0.733. The first kappa shape index (κ1) is 18.6. The fraction of sp³-hybridized carbons (Fsp3) is 0.462. The van der Waals surface area contributed by atoms with Crippen LogP contribution in [0.25, 0.3) is 0 Å². The highest BCUT2D eigenvalue weighted by atomic mass is 79.9. The van der Waals surface area contributed by atoms with Crippen molar-refractivity contribution in [1.82, 2.24) is 4.31 Å². The molecule has 0 saturated heterocycles. The second kappa shape index (κ2) is 7.21. The van der Waals surface area contributed by atoms with Crippen molar-refractivity contribution in [2.24, 2.45) is 5.92 Å². The Morgan fingerprint density at radius 3 is 2.38 bits per heavy atom. The van der Waals surface area contributed by atoms with E-state index >= 15 is 0 Å². The van der Waals surface area contributed by atoms with E-state index in [9.17, 15) is 13.2 Å². The Morgan fingerprint density at radius 2 is 1.90 bits per heavy atom. The Kier molecular flexibility index (Phi) is 6.39. The van der Waals surface area contributed by atoms with Crippen LogP contribution in [0, 0.1) is 12.8 Å². The van der Waals surface area contributed by atoms with Crippen LogP contribution in [0.15, 0.2) is 26.0 Å². The molecule has 0 radical (unpaired) electrons. The fourth-order valence-electron chi connectivity index (χ4n) is 1.75. The molecule has 0 aliphatic carbocycles. The summed E-state index contributed by atoms with van der Waals surface area (Å²) in [5.74, 6) is -1.79. The Labute approximate surface area is 141 Å². The molecule has 1 aromatic rings. The molecule has 1 N–H and O–H groups in total.